The molecule has 0 aromatic heterocycles. The van der Waals surface area contributed by atoms with Crippen LogP contribution in [0.3, 0.4) is 0 Å². The average molecular weight is 875 g/mol. The number of ether oxygens (including phenoxy) is 4. The van der Waals surface area contributed by atoms with Crippen LogP contribution in [-0.4, -0.2) is 122 Å². The Balaban J connectivity index is 1.82. The molecule has 61 heavy (non-hydrogen) atoms. The normalized spacial score (nSPS) is 29.0. The zero-order valence-corrected chi connectivity index (χ0v) is 38.6. The van der Waals surface area contributed by atoms with E-state index in [0.29, 0.717) is 12.8 Å². The second-order valence-electron chi connectivity index (χ2n) is 18.7. The number of carbonyl (C=O) groups excluding carboxylic acids is 2. The zero-order chi connectivity index (χ0) is 45.0. The van der Waals surface area contributed by atoms with Crippen LogP contribution in [-0.2, 0) is 28.5 Å². The average Bonchev–Trinajstić information content (AvgIpc) is 3.24. The molecule has 0 amide bonds. The molecule has 1 saturated heterocycles. The third kappa shape index (κ3) is 22.4. The van der Waals surface area contributed by atoms with Crippen molar-refractivity contribution in [2.45, 2.75) is 275 Å². The van der Waals surface area contributed by atoms with Gasteiger partial charge in [-0.15, -0.1) is 0 Å². The smallest absolute Gasteiger partial charge is 0.306 e. The molecule has 1 aliphatic carbocycles. The highest BCUT2D eigenvalue weighted by atomic mass is 16.7. The van der Waals surface area contributed by atoms with Gasteiger partial charge in [-0.3, -0.25) is 9.59 Å². The minimum Gasteiger partial charge on any atom is -0.463 e. The lowest BCUT2D eigenvalue weighted by molar-refractivity contribution is -0.340. The number of unbranched alkanes of at least 4 members (excludes halogenated alkanes) is 18. The highest BCUT2D eigenvalue weighted by Crippen LogP contribution is 2.31. The summed E-state index contributed by atoms with van der Waals surface area (Å²) in [6.45, 7) is 8.74. The Labute approximate surface area is 368 Å². The van der Waals surface area contributed by atoms with E-state index in [0.717, 1.165) is 56.8 Å². The van der Waals surface area contributed by atoms with Crippen molar-refractivity contribution in [3.63, 3.8) is 0 Å². The Morgan fingerprint density at radius 2 is 0.820 bits per heavy atom. The van der Waals surface area contributed by atoms with Gasteiger partial charge >= 0.3 is 11.9 Å². The van der Waals surface area contributed by atoms with Crippen molar-refractivity contribution in [2.75, 3.05) is 6.61 Å². The van der Waals surface area contributed by atoms with Crippen LogP contribution in [0.4, 0.5) is 0 Å². The van der Waals surface area contributed by atoms with Crippen molar-refractivity contribution in [3.8, 4) is 0 Å². The van der Waals surface area contributed by atoms with Crippen LogP contribution in [0.1, 0.15) is 207 Å². The number of carbonyl (C=O) groups is 2. The first kappa shape index (κ1) is 55.7. The molecule has 13 nitrogen and oxygen atoms in total. The molecule has 0 aromatic carbocycles. The van der Waals surface area contributed by atoms with Gasteiger partial charge in [-0.05, 0) is 24.7 Å². The first-order valence-corrected chi connectivity index (χ1v) is 24.7. The fraction of sp³-hybridized carbons (Fsp3) is 0.958. The van der Waals surface area contributed by atoms with E-state index >= 15 is 0 Å². The van der Waals surface area contributed by atoms with Crippen LogP contribution in [0, 0.1) is 11.8 Å². The highest BCUT2D eigenvalue weighted by molar-refractivity contribution is 5.70. The molecule has 7 N–H and O–H groups in total. The van der Waals surface area contributed by atoms with Crippen molar-refractivity contribution in [3.05, 3.63) is 0 Å². The van der Waals surface area contributed by atoms with Crippen LogP contribution in [0.5, 0.6) is 0 Å². The van der Waals surface area contributed by atoms with Gasteiger partial charge < -0.3 is 54.7 Å². The van der Waals surface area contributed by atoms with Crippen molar-refractivity contribution in [1.29, 1.82) is 0 Å². The van der Waals surface area contributed by atoms with Gasteiger partial charge in [0.05, 0.1) is 0 Å². The molecular weight excluding hydrogens is 785 g/mol. The summed E-state index contributed by atoms with van der Waals surface area (Å²) in [7, 11) is 0. The summed E-state index contributed by atoms with van der Waals surface area (Å²) in [6, 6.07) is 0. The minimum absolute atomic E-state index is 0.0815. The maximum atomic E-state index is 13.0. The lowest BCUT2D eigenvalue weighted by Gasteiger charge is -2.46. The van der Waals surface area contributed by atoms with E-state index in [9.17, 15) is 45.3 Å². The molecule has 1 saturated carbocycles. The second kappa shape index (κ2) is 33.1. The van der Waals surface area contributed by atoms with Gasteiger partial charge in [0.25, 0.3) is 0 Å². The maximum absolute atomic E-state index is 13.0. The number of hydrogen-bond donors (Lipinski definition) is 7. The molecule has 0 aromatic rings. The molecule has 13 atom stereocenters. The maximum Gasteiger partial charge on any atom is 0.306 e. The van der Waals surface area contributed by atoms with E-state index in [4.69, 9.17) is 18.9 Å². The number of esters is 2. The third-order valence-electron chi connectivity index (χ3n) is 12.9. The molecule has 0 spiro atoms. The first-order valence-electron chi connectivity index (χ1n) is 24.7. The number of rotatable bonds is 35. The van der Waals surface area contributed by atoms with Crippen molar-refractivity contribution in [2.24, 2.45) is 11.8 Å². The summed E-state index contributed by atoms with van der Waals surface area (Å²) in [5, 5.41) is 73.5. The second-order valence-corrected chi connectivity index (χ2v) is 18.7. The molecule has 360 valence electrons. The van der Waals surface area contributed by atoms with Gasteiger partial charge in [-0.2, -0.15) is 0 Å². The predicted octanol–water partition coefficient (Wildman–Crippen LogP) is 7.33. The molecule has 0 radical (unpaired) electrons. The zero-order valence-electron chi connectivity index (χ0n) is 38.6. The highest BCUT2D eigenvalue weighted by Gasteiger charge is 2.53. The summed E-state index contributed by atoms with van der Waals surface area (Å²) < 4.78 is 22.6. The Bertz CT molecular complexity index is 1100. The standard InChI is InChI=1S/C48H90O13/c1-5-7-9-21-27-34(3)29-23-17-13-11-15-19-25-31-37(49)58-33-36-46(44(56)45(57)48(59-36)61-47-42(54)40(52)39(51)41(53)43(47)55)60-38(50)32-26-20-16-12-14-18-24-30-35(4)28-22-10-8-6-2/h34-36,39-48,51-57H,5-33H2,1-4H3/t34?,35?,36-,39?,40-,41+,42+,43-,44-,45+,46-,47?,48-/m1/s1. The van der Waals surface area contributed by atoms with Crippen LogP contribution in [0.25, 0.3) is 0 Å². The predicted molar refractivity (Wildman–Crippen MR) is 235 cm³/mol. The van der Waals surface area contributed by atoms with E-state index < -0.39 is 85.9 Å². The van der Waals surface area contributed by atoms with E-state index in [1.165, 1.54) is 109 Å². The van der Waals surface area contributed by atoms with E-state index in [2.05, 4.69) is 27.7 Å². The molecule has 2 aliphatic rings. The van der Waals surface area contributed by atoms with Crippen molar-refractivity contribution in [1.82, 2.24) is 0 Å². The van der Waals surface area contributed by atoms with Crippen LogP contribution < -0.4 is 0 Å². The van der Waals surface area contributed by atoms with E-state index in [-0.39, 0.29) is 12.8 Å². The van der Waals surface area contributed by atoms with Crippen molar-refractivity contribution < 1.29 is 64.3 Å². The topological polar surface area (TPSA) is 213 Å². The fourth-order valence-corrected chi connectivity index (χ4v) is 8.69. The monoisotopic (exact) mass is 875 g/mol. The van der Waals surface area contributed by atoms with Gasteiger partial charge in [0.1, 0.15) is 61.5 Å². The molecule has 2 fully saturated rings. The minimum atomic E-state index is -1.89. The van der Waals surface area contributed by atoms with Crippen molar-refractivity contribution >= 4 is 11.9 Å². The third-order valence-corrected chi connectivity index (χ3v) is 12.9. The summed E-state index contributed by atoms with van der Waals surface area (Å²) in [5.41, 5.74) is 0. The molecule has 2 rings (SSSR count). The number of hydrogen-bond acceptors (Lipinski definition) is 13. The number of aliphatic hydroxyl groups is 7. The largest absolute Gasteiger partial charge is 0.463 e. The van der Waals surface area contributed by atoms with Gasteiger partial charge in [-0.1, -0.05) is 182 Å². The summed E-state index contributed by atoms with van der Waals surface area (Å²) in [4.78, 5) is 25.8. The van der Waals surface area contributed by atoms with Crippen LogP contribution in [0.15, 0.2) is 0 Å². The van der Waals surface area contributed by atoms with E-state index in [1.54, 1.807) is 0 Å². The quantitative estimate of drug-likeness (QED) is 0.0246. The molecule has 1 heterocycles. The molecular formula is C48H90O13. The fourth-order valence-electron chi connectivity index (χ4n) is 8.69. The molecule has 4 unspecified atom stereocenters. The van der Waals surface area contributed by atoms with Crippen LogP contribution >= 0.6 is 0 Å². The Morgan fingerprint density at radius 3 is 1.26 bits per heavy atom. The SMILES string of the molecule is CCCCCCC(C)CCCCCCCCCC(=O)OC[C@H]1O[C@H](OC2[C@@H](O)[C@H](O)C(O)[C@H](O)[C@H]2O)[C@@H](O)[C@@H](O)[C@@H]1OC(=O)CCCCCCCCCC(C)CCCCCC. The van der Waals surface area contributed by atoms with Gasteiger partial charge in [0, 0.05) is 12.8 Å². The lowest BCUT2D eigenvalue weighted by Crippen LogP contribution is -2.67. The van der Waals surface area contributed by atoms with Gasteiger partial charge in [-0.25, -0.2) is 0 Å². The summed E-state index contributed by atoms with van der Waals surface area (Å²) in [6.07, 6.45) is 11.0. The van der Waals surface area contributed by atoms with Gasteiger partial charge in [0.2, 0.25) is 0 Å². The Morgan fingerprint density at radius 1 is 0.459 bits per heavy atom. The Kier molecular flexibility index (Phi) is 30.2. The molecule has 13 heteroatoms. The molecule has 0 bridgehead atoms. The first-order chi connectivity index (χ1) is 29.3. The van der Waals surface area contributed by atoms with E-state index in [1.807, 2.05) is 0 Å². The lowest BCUT2D eigenvalue weighted by atomic mass is 9.84. The number of aliphatic hydroxyl groups excluding tert-OH is 7. The summed E-state index contributed by atoms with van der Waals surface area (Å²) >= 11 is 0. The molecule has 1 aliphatic heterocycles. The Hall–Kier alpha value is -1.42. The summed E-state index contributed by atoms with van der Waals surface area (Å²) in [5.74, 6) is 0.449. The van der Waals surface area contributed by atoms with Gasteiger partial charge in [0.15, 0.2) is 12.4 Å². The van der Waals surface area contributed by atoms with Crippen LogP contribution in [0.2, 0.25) is 0 Å².